The van der Waals surface area contributed by atoms with Crippen molar-refractivity contribution in [3.8, 4) is 0 Å². The van der Waals surface area contributed by atoms with Crippen LogP contribution in [0.2, 0.25) is 0 Å². The van der Waals surface area contributed by atoms with Crippen LogP contribution < -0.4 is 4.72 Å². The van der Waals surface area contributed by atoms with Crippen molar-refractivity contribution >= 4 is 27.0 Å². The summed E-state index contributed by atoms with van der Waals surface area (Å²) in [6.45, 7) is 1.53. The van der Waals surface area contributed by atoms with Crippen molar-refractivity contribution < 1.29 is 17.9 Å². The first-order valence-corrected chi connectivity index (χ1v) is 9.76. The summed E-state index contributed by atoms with van der Waals surface area (Å²) in [6.07, 6.45) is 1.56. The predicted molar refractivity (Wildman–Crippen MR) is 101 cm³/mol. The lowest BCUT2D eigenvalue weighted by molar-refractivity contribution is 0.0545. The van der Waals surface area contributed by atoms with Gasteiger partial charge < -0.3 is 9.64 Å². The zero-order valence-corrected chi connectivity index (χ0v) is 15.0. The van der Waals surface area contributed by atoms with E-state index in [2.05, 4.69) is 4.72 Å². The average Bonchev–Trinajstić information content (AvgIpc) is 2.68. The molecule has 0 aliphatic carbocycles. The molecule has 7 heteroatoms. The quantitative estimate of drug-likeness (QED) is 0.837. The largest absolute Gasteiger partial charge is 0.378 e. The van der Waals surface area contributed by atoms with Crippen LogP contribution >= 0.6 is 0 Å². The topological polar surface area (TPSA) is 75.7 Å². The van der Waals surface area contributed by atoms with Gasteiger partial charge in [0.1, 0.15) is 0 Å². The third-order valence-corrected chi connectivity index (χ3v) is 5.34. The Morgan fingerprint density at radius 3 is 2.15 bits per heavy atom. The summed E-state index contributed by atoms with van der Waals surface area (Å²) in [4.78, 5) is 13.8. The van der Waals surface area contributed by atoms with Crippen LogP contribution in [0.3, 0.4) is 0 Å². The second-order valence-corrected chi connectivity index (χ2v) is 7.45. The second kappa shape index (κ2) is 8.16. The van der Waals surface area contributed by atoms with Gasteiger partial charge in [-0.05, 0) is 17.2 Å². The minimum atomic E-state index is -4.04. The smallest absolute Gasteiger partial charge is 0.331 e. The van der Waals surface area contributed by atoms with Crippen molar-refractivity contribution in [3.05, 3.63) is 71.8 Å². The first kappa shape index (κ1) is 18.2. The molecule has 136 valence electrons. The zero-order chi connectivity index (χ0) is 18.4. The van der Waals surface area contributed by atoms with Gasteiger partial charge in [-0.2, -0.15) is 0 Å². The normalized spacial score (nSPS) is 15.5. The van der Waals surface area contributed by atoms with Crippen LogP contribution in [0.25, 0.3) is 11.0 Å². The summed E-state index contributed by atoms with van der Waals surface area (Å²) in [5, 5.41) is 0. The summed E-state index contributed by atoms with van der Waals surface area (Å²) in [7, 11) is -4.04. The first-order valence-electron chi connectivity index (χ1n) is 8.28. The van der Waals surface area contributed by atoms with Crippen LogP contribution in [0.4, 0.5) is 4.79 Å². The van der Waals surface area contributed by atoms with E-state index in [0.717, 1.165) is 5.56 Å². The molecule has 2 aromatic rings. The molecule has 1 heterocycles. The summed E-state index contributed by atoms with van der Waals surface area (Å²) >= 11 is 0. The molecule has 0 aromatic heterocycles. The molecule has 26 heavy (non-hydrogen) atoms. The molecule has 0 spiro atoms. The third-order valence-electron chi connectivity index (χ3n) is 3.97. The van der Waals surface area contributed by atoms with Crippen LogP contribution in [0, 0.1) is 0 Å². The van der Waals surface area contributed by atoms with Crippen molar-refractivity contribution in [2.75, 3.05) is 26.3 Å². The minimum absolute atomic E-state index is 0.0471. The number of benzene rings is 2. The Morgan fingerprint density at radius 2 is 1.54 bits per heavy atom. The van der Waals surface area contributed by atoms with Crippen LogP contribution in [-0.4, -0.2) is 45.7 Å². The number of urea groups is 1. The number of sulfonamides is 1. The maximum atomic E-state index is 12.9. The fourth-order valence-electron chi connectivity index (χ4n) is 2.62. The Bertz CT molecular complexity index is 874. The Balaban J connectivity index is 1.92. The minimum Gasteiger partial charge on any atom is -0.378 e. The molecular formula is C19H20N2O4S. The molecule has 0 unspecified atom stereocenters. The van der Waals surface area contributed by atoms with E-state index in [1.54, 1.807) is 30.3 Å². The van der Waals surface area contributed by atoms with Crippen molar-refractivity contribution in [1.29, 1.82) is 0 Å². The van der Waals surface area contributed by atoms with Crippen LogP contribution in [0.5, 0.6) is 0 Å². The number of nitrogens with one attached hydrogen (secondary N) is 1. The average molecular weight is 372 g/mol. The van der Waals surface area contributed by atoms with Crippen molar-refractivity contribution in [2.24, 2.45) is 0 Å². The maximum absolute atomic E-state index is 12.9. The van der Waals surface area contributed by atoms with Gasteiger partial charge in [-0.15, -0.1) is 0 Å². The van der Waals surface area contributed by atoms with Crippen molar-refractivity contribution in [1.82, 2.24) is 9.62 Å². The highest BCUT2D eigenvalue weighted by molar-refractivity contribution is 7.99. The van der Waals surface area contributed by atoms with E-state index in [0.29, 0.717) is 31.9 Å². The lowest BCUT2D eigenvalue weighted by atomic mass is 10.1. The Morgan fingerprint density at radius 1 is 0.962 bits per heavy atom. The van der Waals surface area contributed by atoms with Crippen LogP contribution in [-0.2, 0) is 14.8 Å². The van der Waals surface area contributed by atoms with Crippen molar-refractivity contribution in [2.45, 2.75) is 0 Å². The van der Waals surface area contributed by atoms with E-state index in [4.69, 9.17) is 4.74 Å². The van der Waals surface area contributed by atoms with Gasteiger partial charge in [-0.25, -0.2) is 17.9 Å². The molecule has 0 bridgehead atoms. The van der Waals surface area contributed by atoms with E-state index in [-0.39, 0.29) is 4.91 Å². The van der Waals surface area contributed by atoms with E-state index >= 15 is 0 Å². The molecule has 1 aliphatic rings. The monoisotopic (exact) mass is 372 g/mol. The number of nitrogens with zero attached hydrogens (tertiary/aromatic N) is 1. The van der Waals surface area contributed by atoms with Crippen LogP contribution in [0.15, 0.2) is 60.7 Å². The lowest BCUT2D eigenvalue weighted by Crippen LogP contribution is -2.47. The standard InChI is InChI=1S/C19H20N2O4S/c22-19(21-11-13-25-14-12-21)20-26(23,24)18(17-9-5-2-6-10-17)15-16-7-3-1-4-8-16/h1-10,15H,11-14H2,(H,20,22). The summed E-state index contributed by atoms with van der Waals surface area (Å²) in [5.74, 6) is 0. The fraction of sp³-hybridized carbons (Fsp3) is 0.211. The van der Waals surface area contributed by atoms with Crippen molar-refractivity contribution in [3.63, 3.8) is 0 Å². The number of ether oxygens (including phenoxy) is 1. The van der Waals surface area contributed by atoms with Gasteiger partial charge in [0.2, 0.25) is 0 Å². The molecule has 2 aromatic carbocycles. The number of morpholine rings is 1. The molecule has 1 fully saturated rings. The predicted octanol–water partition coefficient (Wildman–Crippen LogP) is 2.56. The molecular weight excluding hydrogens is 352 g/mol. The summed E-state index contributed by atoms with van der Waals surface area (Å²) in [6, 6.07) is 17.2. The van der Waals surface area contributed by atoms with Gasteiger partial charge in [-0.3, -0.25) is 0 Å². The summed E-state index contributed by atoms with van der Waals surface area (Å²) in [5.41, 5.74) is 1.24. The number of carbonyl (C=O) groups excluding carboxylic acids is 1. The zero-order valence-electron chi connectivity index (χ0n) is 14.2. The SMILES string of the molecule is O=C(NS(=O)(=O)C(=Cc1ccccc1)c1ccccc1)N1CCOCC1. The Hall–Kier alpha value is -2.64. The second-order valence-electron chi connectivity index (χ2n) is 5.80. The van der Waals surface area contributed by atoms with Gasteiger partial charge in [-0.1, -0.05) is 60.7 Å². The van der Waals surface area contributed by atoms with E-state index in [1.165, 1.54) is 4.90 Å². The van der Waals surface area contributed by atoms with Gasteiger partial charge in [0.05, 0.1) is 18.1 Å². The number of hydrogen-bond donors (Lipinski definition) is 1. The molecule has 0 saturated carbocycles. The summed E-state index contributed by atoms with van der Waals surface area (Å²) < 4.78 is 33.2. The number of amides is 2. The van der Waals surface area contributed by atoms with Gasteiger partial charge in [0.15, 0.2) is 0 Å². The molecule has 6 nitrogen and oxygen atoms in total. The molecule has 0 radical (unpaired) electrons. The van der Waals surface area contributed by atoms with E-state index < -0.39 is 16.1 Å². The van der Waals surface area contributed by atoms with Gasteiger partial charge in [0, 0.05) is 13.1 Å². The highest BCUT2D eigenvalue weighted by Gasteiger charge is 2.26. The van der Waals surface area contributed by atoms with E-state index in [1.807, 2.05) is 36.4 Å². The fourth-order valence-corrected chi connectivity index (χ4v) is 3.83. The first-order chi connectivity index (χ1) is 12.6. The van der Waals surface area contributed by atoms with E-state index in [9.17, 15) is 13.2 Å². The maximum Gasteiger partial charge on any atom is 0.331 e. The number of carbonyl (C=O) groups is 1. The lowest BCUT2D eigenvalue weighted by Gasteiger charge is -2.27. The molecule has 2 amide bonds. The van der Waals surface area contributed by atoms with Gasteiger partial charge in [0.25, 0.3) is 10.0 Å². The highest BCUT2D eigenvalue weighted by atomic mass is 32.2. The molecule has 1 saturated heterocycles. The highest BCUT2D eigenvalue weighted by Crippen LogP contribution is 2.23. The Kier molecular flexibility index (Phi) is 5.70. The molecule has 0 atom stereocenters. The number of rotatable bonds is 4. The van der Waals surface area contributed by atoms with Gasteiger partial charge >= 0.3 is 6.03 Å². The Labute approximate surface area is 153 Å². The molecule has 3 rings (SSSR count). The molecule has 1 N–H and O–H groups in total. The van der Waals surface area contributed by atoms with Crippen LogP contribution in [0.1, 0.15) is 11.1 Å². The number of hydrogen-bond acceptors (Lipinski definition) is 4. The third kappa shape index (κ3) is 4.50. The molecule has 1 aliphatic heterocycles.